The largest absolute Gasteiger partial charge is 0.443 e. The molecule has 31 heavy (non-hydrogen) atoms. The molecular formula is C25H29NO5. The first-order valence-electron chi connectivity index (χ1n) is 10.6. The topological polar surface area (TPSA) is 65.1 Å². The predicted octanol–water partition coefficient (Wildman–Crippen LogP) is 5.13. The van der Waals surface area contributed by atoms with Crippen molar-refractivity contribution < 1.29 is 23.8 Å². The Bertz CT molecular complexity index is 983. The van der Waals surface area contributed by atoms with Gasteiger partial charge >= 0.3 is 6.09 Å². The van der Waals surface area contributed by atoms with Gasteiger partial charge in [-0.05, 0) is 39.3 Å². The molecule has 0 aliphatic carbocycles. The van der Waals surface area contributed by atoms with E-state index in [4.69, 9.17) is 14.2 Å². The molecule has 2 aromatic rings. The Hall–Kier alpha value is -2.70. The van der Waals surface area contributed by atoms with Gasteiger partial charge in [-0.25, -0.2) is 4.79 Å². The van der Waals surface area contributed by atoms with Crippen LogP contribution in [0.4, 0.5) is 10.5 Å². The predicted molar refractivity (Wildman–Crippen MR) is 117 cm³/mol. The van der Waals surface area contributed by atoms with Crippen molar-refractivity contribution in [2.45, 2.75) is 57.6 Å². The van der Waals surface area contributed by atoms with Gasteiger partial charge in [0.25, 0.3) is 0 Å². The number of nitrogens with zero attached hydrogens (tertiary/aromatic N) is 1. The van der Waals surface area contributed by atoms with E-state index in [2.05, 4.69) is 0 Å². The Labute approximate surface area is 183 Å². The lowest BCUT2D eigenvalue weighted by molar-refractivity contribution is -0.266. The second kappa shape index (κ2) is 7.77. The standard InChI is InChI=1S/C25H29NO5/c1-24(2,3)31-23(28)26-19-14-10-9-13-17(19)20-18(15-25(4,29-5)30-22(20)26)21(27)16-11-7-6-8-12-16/h6-14,18,20,22H,15H2,1-5H3/t18-,20?,22?,25-/m1/s1. The van der Waals surface area contributed by atoms with Crippen molar-refractivity contribution in [3.8, 4) is 0 Å². The van der Waals surface area contributed by atoms with Gasteiger partial charge in [0.15, 0.2) is 17.8 Å². The summed E-state index contributed by atoms with van der Waals surface area (Å²) < 4.78 is 17.7. The maximum atomic E-state index is 13.6. The smallest absolute Gasteiger partial charge is 0.416 e. The first-order valence-corrected chi connectivity index (χ1v) is 10.6. The normalized spacial score (nSPS) is 27.4. The summed E-state index contributed by atoms with van der Waals surface area (Å²) in [5, 5.41) is 0. The number of hydrogen-bond acceptors (Lipinski definition) is 5. The quantitative estimate of drug-likeness (QED) is 0.640. The highest BCUT2D eigenvalue weighted by atomic mass is 16.7. The highest BCUT2D eigenvalue weighted by Gasteiger charge is 2.56. The summed E-state index contributed by atoms with van der Waals surface area (Å²) in [7, 11) is 1.56. The van der Waals surface area contributed by atoms with Crippen LogP contribution >= 0.6 is 0 Å². The van der Waals surface area contributed by atoms with Crippen molar-refractivity contribution in [2.75, 3.05) is 12.0 Å². The minimum absolute atomic E-state index is 0.0167. The molecule has 0 aromatic heterocycles. The van der Waals surface area contributed by atoms with Gasteiger partial charge < -0.3 is 14.2 Å². The van der Waals surface area contributed by atoms with Crippen molar-refractivity contribution in [2.24, 2.45) is 5.92 Å². The maximum absolute atomic E-state index is 13.6. The molecule has 1 saturated heterocycles. The molecule has 4 rings (SSSR count). The second-order valence-corrected chi connectivity index (χ2v) is 9.32. The number of ketones is 1. The molecule has 0 radical (unpaired) electrons. The van der Waals surface area contributed by atoms with Crippen molar-refractivity contribution in [1.82, 2.24) is 0 Å². The number of benzene rings is 2. The highest BCUT2D eigenvalue weighted by molar-refractivity contribution is 6.00. The molecule has 2 unspecified atom stereocenters. The van der Waals surface area contributed by atoms with Gasteiger partial charge in [0, 0.05) is 30.9 Å². The minimum Gasteiger partial charge on any atom is -0.443 e. The molecule has 2 heterocycles. The molecule has 0 bridgehead atoms. The Morgan fingerprint density at radius 1 is 1.06 bits per heavy atom. The molecule has 6 nitrogen and oxygen atoms in total. The zero-order valence-corrected chi connectivity index (χ0v) is 18.6. The number of para-hydroxylation sites is 1. The number of fused-ring (bicyclic) bond motifs is 3. The molecule has 2 aliphatic heterocycles. The average Bonchev–Trinajstić information content (AvgIpc) is 3.06. The lowest BCUT2D eigenvalue weighted by Crippen LogP contribution is -2.55. The third kappa shape index (κ3) is 3.98. The van der Waals surface area contributed by atoms with E-state index < -0.39 is 29.6 Å². The molecule has 0 N–H and O–H groups in total. The summed E-state index contributed by atoms with van der Waals surface area (Å²) in [5.41, 5.74) is 1.59. The van der Waals surface area contributed by atoms with Crippen LogP contribution < -0.4 is 4.90 Å². The van der Waals surface area contributed by atoms with Gasteiger partial charge in [-0.3, -0.25) is 9.69 Å². The minimum atomic E-state index is -1.02. The van der Waals surface area contributed by atoms with Gasteiger partial charge in [0.2, 0.25) is 0 Å². The molecule has 164 valence electrons. The maximum Gasteiger partial charge on any atom is 0.416 e. The van der Waals surface area contributed by atoms with E-state index >= 15 is 0 Å². The molecule has 0 saturated carbocycles. The van der Waals surface area contributed by atoms with Crippen LogP contribution in [0.3, 0.4) is 0 Å². The van der Waals surface area contributed by atoms with Crippen LogP contribution in [0.25, 0.3) is 0 Å². The van der Waals surface area contributed by atoms with Gasteiger partial charge in [0.05, 0.1) is 5.69 Å². The first-order chi connectivity index (χ1) is 14.6. The average molecular weight is 424 g/mol. The van der Waals surface area contributed by atoms with Crippen LogP contribution in [0, 0.1) is 5.92 Å². The van der Waals surface area contributed by atoms with Crippen LogP contribution in [0.5, 0.6) is 0 Å². The third-order valence-electron chi connectivity index (χ3n) is 5.93. The fourth-order valence-electron chi connectivity index (χ4n) is 4.53. The number of ether oxygens (including phenoxy) is 3. The zero-order chi connectivity index (χ0) is 22.4. The van der Waals surface area contributed by atoms with E-state index in [-0.39, 0.29) is 11.7 Å². The van der Waals surface area contributed by atoms with Crippen molar-refractivity contribution in [1.29, 1.82) is 0 Å². The van der Waals surface area contributed by atoms with E-state index in [1.54, 1.807) is 7.11 Å². The van der Waals surface area contributed by atoms with Gasteiger partial charge in [-0.2, -0.15) is 0 Å². The Morgan fingerprint density at radius 2 is 1.71 bits per heavy atom. The lowest BCUT2D eigenvalue weighted by atomic mass is 9.76. The number of methoxy groups -OCH3 is 1. The molecule has 4 atom stereocenters. The van der Waals surface area contributed by atoms with E-state index in [0.717, 1.165) is 5.56 Å². The summed E-state index contributed by atoms with van der Waals surface area (Å²) >= 11 is 0. The van der Waals surface area contributed by atoms with Gasteiger partial charge in [0.1, 0.15) is 5.60 Å². The van der Waals surface area contributed by atoms with Crippen LogP contribution in [0.2, 0.25) is 0 Å². The first kappa shape index (κ1) is 21.5. The van der Waals surface area contributed by atoms with Gasteiger partial charge in [-0.1, -0.05) is 48.5 Å². The van der Waals surface area contributed by atoms with Crippen molar-refractivity contribution >= 4 is 17.6 Å². The van der Waals surface area contributed by atoms with E-state index in [0.29, 0.717) is 17.7 Å². The highest BCUT2D eigenvalue weighted by Crippen LogP contribution is 2.53. The van der Waals surface area contributed by atoms with E-state index in [1.807, 2.05) is 82.3 Å². The molecular weight excluding hydrogens is 394 g/mol. The fourth-order valence-corrected chi connectivity index (χ4v) is 4.53. The molecule has 2 aliphatic rings. The third-order valence-corrected chi connectivity index (χ3v) is 5.93. The van der Waals surface area contributed by atoms with Gasteiger partial charge in [-0.15, -0.1) is 0 Å². The zero-order valence-electron chi connectivity index (χ0n) is 18.6. The van der Waals surface area contributed by atoms with E-state index in [9.17, 15) is 9.59 Å². The Morgan fingerprint density at radius 3 is 2.35 bits per heavy atom. The number of Topliss-reactive ketones (excluding diaryl/α,β-unsaturated/α-hetero) is 1. The Kier molecular flexibility index (Phi) is 5.40. The molecule has 0 spiro atoms. The summed E-state index contributed by atoms with van der Waals surface area (Å²) in [4.78, 5) is 28.4. The van der Waals surface area contributed by atoms with E-state index in [1.165, 1.54) is 4.90 Å². The lowest BCUT2D eigenvalue weighted by Gasteiger charge is -2.45. The summed E-state index contributed by atoms with van der Waals surface area (Å²) in [6.45, 7) is 7.29. The number of hydrogen-bond donors (Lipinski definition) is 0. The van der Waals surface area contributed by atoms with Crippen LogP contribution in [0.1, 0.15) is 56.0 Å². The van der Waals surface area contributed by atoms with Crippen molar-refractivity contribution in [3.63, 3.8) is 0 Å². The summed E-state index contributed by atoms with van der Waals surface area (Å²) in [6.07, 6.45) is -0.822. The van der Waals surface area contributed by atoms with Crippen molar-refractivity contribution in [3.05, 3.63) is 65.7 Å². The molecule has 6 heteroatoms. The summed E-state index contributed by atoms with van der Waals surface area (Å²) in [6, 6.07) is 16.9. The summed E-state index contributed by atoms with van der Waals surface area (Å²) in [5.74, 6) is -1.74. The molecule has 1 amide bonds. The van der Waals surface area contributed by atoms with Crippen LogP contribution in [-0.4, -0.2) is 36.6 Å². The SMILES string of the molecule is CO[C@@]1(C)C[C@@H](C(=O)c2ccccc2)C2c3ccccc3N(C(=O)OC(C)(C)C)C2O1. The second-order valence-electron chi connectivity index (χ2n) is 9.32. The van der Waals surface area contributed by atoms with Crippen LogP contribution in [0.15, 0.2) is 54.6 Å². The molecule has 2 aromatic carbocycles. The number of amides is 1. The molecule has 1 fully saturated rings. The fraction of sp³-hybridized carbons (Fsp3) is 0.440. The van der Waals surface area contributed by atoms with Crippen LogP contribution in [-0.2, 0) is 14.2 Å². The Balaban J connectivity index is 1.80. The number of anilines is 1. The monoisotopic (exact) mass is 423 g/mol. The number of rotatable bonds is 3. The number of carbonyl (C=O) groups excluding carboxylic acids is 2. The number of carbonyl (C=O) groups is 2.